The van der Waals surface area contributed by atoms with Crippen molar-refractivity contribution in [2.75, 3.05) is 5.32 Å². The molecule has 17 heavy (non-hydrogen) atoms. The van der Waals surface area contributed by atoms with E-state index < -0.39 is 0 Å². The minimum atomic E-state index is 0.0973. The van der Waals surface area contributed by atoms with Crippen LogP contribution >= 0.6 is 0 Å². The molecule has 3 nitrogen and oxygen atoms in total. The van der Waals surface area contributed by atoms with E-state index in [0.717, 1.165) is 22.7 Å². The average molecular weight is 223 g/mol. The molecular formula is C14H13N3. The Labute approximate surface area is 99.8 Å². The van der Waals surface area contributed by atoms with Crippen LogP contribution in [-0.2, 0) is 0 Å². The molecule has 3 rings (SSSR count). The minimum absolute atomic E-state index is 0.0973. The molecule has 1 atom stereocenters. The molecule has 0 saturated carbocycles. The Bertz CT molecular complexity index is 634. The molecular weight excluding hydrogens is 210 g/mol. The molecule has 0 bridgehead atoms. The highest BCUT2D eigenvalue weighted by Gasteiger charge is 2.25. The Balaban J connectivity index is 2.10. The van der Waals surface area contributed by atoms with Gasteiger partial charge in [0, 0.05) is 5.70 Å². The second kappa shape index (κ2) is 3.63. The lowest BCUT2D eigenvalue weighted by atomic mass is 10.2. The summed E-state index contributed by atoms with van der Waals surface area (Å²) in [6, 6.07) is 8.16. The van der Waals surface area contributed by atoms with Gasteiger partial charge < -0.3 is 5.32 Å². The number of nitrogens with one attached hydrogen (secondary N) is 1. The molecule has 0 amide bonds. The summed E-state index contributed by atoms with van der Waals surface area (Å²) in [5, 5.41) is 3.33. The maximum Gasteiger partial charge on any atom is 0.209 e. The van der Waals surface area contributed by atoms with Gasteiger partial charge in [-0.3, -0.25) is 4.57 Å². The highest BCUT2D eigenvalue weighted by Crippen LogP contribution is 2.31. The van der Waals surface area contributed by atoms with Gasteiger partial charge in [0.05, 0.1) is 17.1 Å². The van der Waals surface area contributed by atoms with Crippen molar-refractivity contribution in [1.29, 1.82) is 0 Å². The fourth-order valence-electron chi connectivity index (χ4n) is 2.12. The van der Waals surface area contributed by atoms with E-state index in [1.807, 2.05) is 30.4 Å². The summed E-state index contributed by atoms with van der Waals surface area (Å²) in [4.78, 5) is 4.53. The molecule has 1 aromatic heterocycles. The van der Waals surface area contributed by atoms with Crippen molar-refractivity contribution in [3.8, 4) is 0 Å². The molecule has 2 aromatic rings. The standard InChI is InChI=1S/C14H13N3/c1-3-4-7-11-10(2)17-13-9-6-5-8-12(13)16-14(17)15-11/h3-9,11H,1-2H2,(H,15,16)/b7-4-. The van der Waals surface area contributed by atoms with E-state index in [2.05, 4.69) is 34.1 Å². The van der Waals surface area contributed by atoms with Crippen molar-refractivity contribution in [1.82, 2.24) is 9.55 Å². The van der Waals surface area contributed by atoms with E-state index in [1.165, 1.54) is 0 Å². The highest BCUT2D eigenvalue weighted by molar-refractivity contribution is 5.87. The summed E-state index contributed by atoms with van der Waals surface area (Å²) in [6.45, 7) is 7.79. The number of anilines is 1. The highest BCUT2D eigenvalue weighted by atomic mass is 15.3. The predicted molar refractivity (Wildman–Crippen MR) is 71.8 cm³/mol. The van der Waals surface area contributed by atoms with Crippen LogP contribution in [0.25, 0.3) is 16.7 Å². The van der Waals surface area contributed by atoms with Crippen molar-refractivity contribution in [2.45, 2.75) is 6.04 Å². The number of benzene rings is 1. The van der Waals surface area contributed by atoms with Crippen LogP contribution in [-0.4, -0.2) is 15.6 Å². The van der Waals surface area contributed by atoms with Crippen LogP contribution in [0.1, 0.15) is 0 Å². The first-order valence-electron chi connectivity index (χ1n) is 5.53. The molecule has 0 radical (unpaired) electrons. The van der Waals surface area contributed by atoms with Crippen molar-refractivity contribution < 1.29 is 0 Å². The predicted octanol–water partition coefficient (Wildman–Crippen LogP) is 3.04. The summed E-state index contributed by atoms with van der Waals surface area (Å²) < 4.78 is 2.06. The summed E-state index contributed by atoms with van der Waals surface area (Å²) in [5.41, 5.74) is 3.07. The van der Waals surface area contributed by atoms with Crippen LogP contribution in [0.5, 0.6) is 0 Å². The van der Waals surface area contributed by atoms with Crippen LogP contribution in [0.3, 0.4) is 0 Å². The summed E-state index contributed by atoms with van der Waals surface area (Å²) in [5.74, 6) is 0.856. The molecule has 84 valence electrons. The molecule has 0 spiro atoms. The molecule has 1 aromatic carbocycles. The number of para-hydroxylation sites is 2. The van der Waals surface area contributed by atoms with Gasteiger partial charge in [0.1, 0.15) is 0 Å². The van der Waals surface area contributed by atoms with Crippen LogP contribution in [0.2, 0.25) is 0 Å². The third-order valence-electron chi connectivity index (χ3n) is 2.93. The van der Waals surface area contributed by atoms with Gasteiger partial charge >= 0.3 is 0 Å². The van der Waals surface area contributed by atoms with Gasteiger partial charge in [-0.2, -0.15) is 0 Å². The van der Waals surface area contributed by atoms with E-state index in [9.17, 15) is 0 Å². The van der Waals surface area contributed by atoms with Crippen LogP contribution in [0.4, 0.5) is 5.95 Å². The number of fused-ring (bicyclic) bond motifs is 3. The quantitative estimate of drug-likeness (QED) is 0.793. The lowest BCUT2D eigenvalue weighted by Gasteiger charge is -2.06. The van der Waals surface area contributed by atoms with E-state index in [1.54, 1.807) is 6.08 Å². The van der Waals surface area contributed by atoms with E-state index >= 15 is 0 Å². The number of nitrogens with zero attached hydrogens (tertiary/aromatic N) is 2. The second-order valence-corrected chi connectivity index (χ2v) is 3.99. The number of hydrogen-bond acceptors (Lipinski definition) is 2. The SMILES string of the molecule is C=C/C=C\C1Nc2nc3ccccc3n2C1=C. The van der Waals surface area contributed by atoms with Crippen molar-refractivity contribution in [2.24, 2.45) is 0 Å². The first-order valence-corrected chi connectivity index (χ1v) is 5.53. The number of hydrogen-bond donors (Lipinski definition) is 1. The molecule has 0 aliphatic carbocycles. The number of imidazole rings is 1. The molecule has 1 aliphatic rings. The summed E-state index contributed by atoms with van der Waals surface area (Å²) >= 11 is 0. The zero-order valence-electron chi connectivity index (χ0n) is 9.43. The number of allylic oxidation sites excluding steroid dienone is 2. The Morgan fingerprint density at radius 2 is 2.18 bits per heavy atom. The molecule has 0 fully saturated rings. The molecule has 3 heteroatoms. The van der Waals surface area contributed by atoms with Gasteiger partial charge in [0.2, 0.25) is 5.95 Å². The Hall–Kier alpha value is -2.29. The van der Waals surface area contributed by atoms with Gasteiger partial charge in [0.15, 0.2) is 0 Å². The van der Waals surface area contributed by atoms with E-state index in [-0.39, 0.29) is 6.04 Å². The van der Waals surface area contributed by atoms with Gasteiger partial charge in [-0.1, -0.05) is 43.5 Å². The Morgan fingerprint density at radius 3 is 3.00 bits per heavy atom. The normalized spacial score (nSPS) is 18.6. The molecule has 1 aliphatic heterocycles. The first-order chi connectivity index (χ1) is 8.31. The minimum Gasteiger partial charge on any atom is -0.344 e. The van der Waals surface area contributed by atoms with Gasteiger partial charge in [-0.15, -0.1) is 0 Å². The van der Waals surface area contributed by atoms with Crippen molar-refractivity contribution >= 4 is 22.7 Å². The number of aromatic nitrogens is 2. The molecule has 1 unspecified atom stereocenters. The Morgan fingerprint density at radius 1 is 1.35 bits per heavy atom. The largest absolute Gasteiger partial charge is 0.344 e. The lowest BCUT2D eigenvalue weighted by Crippen LogP contribution is -2.11. The summed E-state index contributed by atoms with van der Waals surface area (Å²) in [6.07, 6.45) is 5.70. The fourth-order valence-corrected chi connectivity index (χ4v) is 2.12. The zero-order chi connectivity index (χ0) is 11.8. The zero-order valence-corrected chi connectivity index (χ0v) is 9.43. The fraction of sp³-hybridized carbons (Fsp3) is 0.0714. The van der Waals surface area contributed by atoms with Crippen molar-refractivity contribution in [3.63, 3.8) is 0 Å². The van der Waals surface area contributed by atoms with Crippen LogP contribution < -0.4 is 5.32 Å². The maximum atomic E-state index is 4.53. The molecule has 0 saturated heterocycles. The first kappa shape index (κ1) is 9.90. The topological polar surface area (TPSA) is 29.9 Å². The third kappa shape index (κ3) is 1.40. The van der Waals surface area contributed by atoms with Crippen LogP contribution in [0.15, 0.2) is 55.7 Å². The molecule has 1 N–H and O–H groups in total. The second-order valence-electron chi connectivity index (χ2n) is 3.99. The third-order valence-corrected chi connectivity index (χ3v) is 2.93. The van der Waals surface area contributed by atoms with Gasteiger partial charge in [-0.05, 0) is 12.1 Å². The Kier molecular flexibility index (Phi) is 2.11. The maximum absolute atomic E-state index is 4.53. The van der Waals surface area contributed by atoms with E-state index in [0.29, 0.717) is 0 Å². The smallest absolute Gasteiger partial charge is 0.209 e. The lowest BCUT2D eigenvalue weighted by molar-refractivity contribution is 1.14. The molecule has 2 heterocycles. The van der Waals surface area contributed by atoms with Crippen molar-refractivity contribution in [3.05, 3.63) is 55.7 Å². The summed E-state index contributed by atoms with van der Waals surface area (Å²) in [7, 11) is 0. The van der Waals surface area contributed by atoms with Crippen LogP contribution in [0, 0.1) is 0 Å². The average Bonchev–Trinajstić information content (AvgIpc) is 2.84. The van der Waals surface area contributed by atoms with Gasteiger partial charge in [-0.25, -0.2) is 4.98 Å². The van der Waals surface area contributed by atoms with E-state index in [4.69, 9.17) is 0 Å². The monoisotopic (exact) mass is 223 g/mol. The number of rotatable bonds is 2. The van der Waals surface area contributed by atoms with Gasteiger partial charge in [0.25, 0.3) is 0 Å².